The van der Waals surface area contributed by atoms with Crippen LogP contribution in [0.15, 0.2) is 59.6 Å². The standard InChI is InChI=1S/C29H32BClN2O6/c31-24-13-20(35)6-7-21(24)25-14-22-26-23(12-18(16-34)27(22)30(38)39-25)28(36)33(29(26)37)19-8-10-32(11-9-19)15-17-4-2-1-3-5-17/h1-7,13,19,22-23,25-26,34-35,38H,8-12,14-16H2/t22-,23-,25-,26+/m0/s1. The highest BCUT2D eigenvalue weighted by atomic mass is 35.5. The van der Waals surface area contributed by atoms with Crippen LogP contribution in [0.5, 0.6) is 5.75 Å². The molecule has 4 atom stereocenters. The number of phenols is 1. The maximum absolute atomic E-state index is 14.0. The molecule has 39 heavy (non-hydrogen) atoms. The van der Waals surface area contributed by atoms with Crippen molar-refractivity contribution in [3.63, 3.8) is 0 Å². The molecule has 0 saturated carbocycles. The Kier molecular flexibility index (Phi) is 7.29. The van der Waals surface area contributed by atoms with Crippen molar-refractivity contribution in [3.8, 4) is 5.75 Å². The molecular weight excluding hydrogens is 519 g/mol. The van der Waals surface area contributed by atoms with Gasteiger partial charge in [0.2, 0.25) is 11.8 Å². The topological polar surface area (TPSA) is 111 Å². The minimum Gasteiger partial charge on any atom is -0.508 e. The lowest BCUT2D eigenvalue weighted by atomic mass is 9.55. The summed E-state index contributed by atoms with van der Waals surface area (Å²) >= 11 is 6.39. The highest BCUT2D eigenvalue weighted by Crippen LogP contribution is 2.52. The molecule has 0 unspecified atom stereocenters. The van der Waals surface area contributed by atoms with Crippen molar-refractivity contribution in [2.24, 2.45) is 17.8 Å². The number of fused-ring (bicyclic) bond motifs is 3. The number of carbonyl (C=O) groups is 2. The molecule has 4 aliphatic rings. The third kappa shape index (κ3) is 4.81. The minimum atomic E-state index is -1.32. The lowest BCUT2D eigenvalue weighted by Crippen LogP contribution is -2.48. The molecule has 1 aliphatic carbocycles. The largest absolute Gasteiger partial charge is 0.508 e. The van der Waals surface area contributed by atoms with Gasteiger partial charge in [0.05, 0.1) is 24.5 Å². The molecule has 204 valence electrons. The van der Waals surface area contributed by atoms with Crippen molar-refractivity contribution in [1.82, 2.24) is 9.80 Å². The third-order valence-electron chi connectivity index (χ3n) is 8.94. The van der Waals surface area contributed by atoms with Crippen LogP contribution in [-0.2, 0) is 20.8 Å². The number of nitrogens with zero attached hydrogens (tertiary/aromatic N) is 2. The van der Waals surface area contributed by atoms with Crippen LogP contribution in [0, 0.1) is 17.8 Å². The van der Waals surface area contributed by atoms with Crippen molar-refractivity contribution < 1.29 is 29.5 Å². The van der Waals surface area contributed by atoms with Gasteiger partial charge in [-0.05, 0) is 65.9 Å². The lowest BCUT2D eigenvalue weighted by molar-refractivity contribution is -0.144. The van der Waals surface area contributed by atoms with E-state index in [1.165, 1.54) is 22.6 Å². The van der Waals surface area contributed by atoms with Crippen LogP contribution in [0.3, 0.4) is 0 Å². The van der Waals surface area contributed by atoms with Crippen molar-refractivity contribution in [1.29, 1.82) is 0 Å². The number of hydrogen-bond acceptors (Lipinski definition) is 7. The van der Waals surface area contributed by atoms with Crippen LogP contribution in [-0.4, -0.2) is 69.7 Å². The number of phenolic OH excluding ortho intramolecular Hbond substituents is 1. The maximum Gasteiger partial charge on any atom is 0.487 e. The molecule has 8 nitrogen and oxygen atoms in total. The molecule has 0 spiro atoms. The summed E-state index contributed by atoms with van der Waals surface area (Å²) in [6.07, 6.45) is 1.40. The van der Waals surface area contributed by atoms with E-state index in [1.54, 1.807) is 6.07 Å². The molecule has 0 bridgehead atoms. The summed E-state index contributed by atoms with van der Waals surface area (Å²) < 4.78 is 5.91. The number of aromatic hydroxyl groups is 1. The zero-order valence-electron chi connectivity index (χ0n) is 21.6. The van der Waals surface area contributed by atoms with Gasteiger partial charge in [0.25, 0.3) is 0 Å². The number of rotatable bonds is 5. The number of aliphatic hydroxyl groups excluding tert-OH is 1. The summed E-state index contributed by atoms with van der Waals surface area (Å²) in [7, 11) is -1.32. The molecule has 3 aliphatic heterocycles. The highest BCUT2D eigenvalue weighted by Gasteiger charge is 2.59. The molecule has 10 heteroatoms. The van der Waals surface area contributed by atoms with E-state index in [2.05, 4.69) is 17.0 Å². The number of halogens is 1. The molecule has 0 aromatic heterocycles. The lowest BCUT2D eigenvalue weighted by Gasteiger charge is -2.42. The summed E-state index contributed by atoms with van der Waals surface area (Å²) in [5.41, 5.74) is 2.93. The predicted octanol–water partition coefficient (Wildman–Crippen LogP) is 3.10. The van der Waals surface area contributed by atoms with E-state index < -0.39 is 31.0 Å². The van der Waals surface area contributed by atoms with E-state index in [0.29, 0.717) is 28.1 Å². The number of benzene rings is 2. The Morgan fingerprint density at radius 1 is 1.03 bits per heavy atom. The summed E-state index contributed by atoms with van der Waals surface area (Å²) in [4.78, 5) is 31.5. The Morgan fingerprint density at radius 2 is 1.77 bits per heavy atom. The molecule has 6 rings (SSSR count). The van der Waals surface area contributed by atoms with Crippen molar-refractivity contribution in [2.45, 2.75) is 44.4 Å². The number of amides is 2. The van der Waals surface area contributed by atoms with Crippen LogP contribution in [0.2, 0.25) is 5.02 Å². The fourth-order valence-electron chi connectivity index (χ4n) is 7.10. The van der Waals surface area contributed by atoms with Gasteiger partial charge in [0.15, 0.2) is 0 Å². The van der Waals surface area contributed by atoms with Gasteiger partial charge in [-0.3, -0.25) is 19.4 Å². The average molecular weight is 551 g/mol. The van der Waals surface area contributed by atoms with Gasteiger partial charge in [0, 0.05) is 30.7 Å². The summed E-state index contributed by atoms with van der Waals surface area (Å²) in [5, 5.41) is 31.2. The molecule has 3 N–H and O–H groups in total. The third-order valence-corrected chi connectivity index (χ3v) is 9.27. The normalized spacial score (nSPS) is 28.2. The van der Waals surface area contributed by atoms with Crippen molar-refractivity contribution in [3.05, 3.63) is 75.7 Å². The Balaban J connectivity index is 1.22. The van der Waals surface area contributed by atoms with E-state index in [9.17, 15) is 24.8 Å². The van der Waals surface area contributed by atoms with Gasteiger partial charge in [0.1, 0.15) is 5.75 Å². The molecular formula is C29H32BClN2O6. The first-order chi connectivity index (χ1) is 18.9. The van der Waals surface area contributed by atoms with E-state index >= 15 is 0 Å². The summed E-state index contributed by atoms with van der Waals surface area (Å²) in [6.45, 7) is 2.14. The molecule has 2 amide bonds. The smallest absolute Gasteiger partial charge is 0.487 e. The van der Waals surface area contributed by atoms with Gasteiger partial charge >= 0.3 is 7.12 Å². The SMILES string of the molecule is O=C1[C@H]2[C@H](CC(CO)=C3B(O)O[C@H](c4ccc(O)cc4Cl)C[C@H]32)C(=O)N1C1CCN(Cc2ccccc2)CC1. The van der Waals surface area contributed by atoms with Crippen LogP contribution in [0.4, 0.5) is 0 Å². The van der Waals surface area contributed by atoms with Crippen LogP contribution in [0.25, 0.3) is 0 Å². The second kappa shape index (κ2) is 10.7. The minimum absolute atomic E-state index is 0.0167. The van der Waals surface area contributed by atoms with Gasteiger partial charge in [-0.1, -0.05) is 48.0 Å². The van der Waals surface area contributed by atoms with E-state index in [0.717, 1.165) is 32.5 Å². The Hall–Kier alpha value is -2.69. The second-order valence-corrected chi connectivity index (χ2v) is 11.5. The average Bonchev–Trinajstić information content (AvgIpc) is 3.18. The number of piperidine rings is 1. The fraction of sp³-hybridized carbons (Fsp3) is 0.448. The zero-order chi connectivity index (χ0) is 27.3. The molecule has 2 aromatic carbocycles. The number of likely N-dealkylation sites (tertiary alicyclic amines) is 2. The number of allylic oxidation sites excluding steroid dienone is 1. The van der Waals surface area contributed by atoms with Crippen LogP contribution < -0.4 is 0 Å². The van der Waals surface area contributed by atoms with Gasteiger partial charge in [-0.25, -0.2) is 0 Å². The highest BCUT2D eigenvalue weighted by molar-refractivity contribution is 6.53. The monoisotopic (exact) mass is 550 g/mol. The number of aliphatic hydroxyl groups is 1. The fourth-order valence-corrected chi connectivity index (χ4v) is 7.39. The van der Waals surface area contributed by atoms with Crippen molar-refractivity contribution in [2.75, 3.05) is 19.7 Å². The molecule has 0 radical (unpaired) electrons. The first-order valence-corrected chi connectivity index (χ1v) is 14.0. The maximum atomic E-state index is 14.0. The van der Waals surface area contributed by atoms with Crippen LogP contribution in [0.1, 0.15) is 42.9 Å². The molecule has 3 fully saturated rings. The first-order valence-electron chi connectivity index (χ1n) is 13.6. The van der Waals surface area contributed by atoms with E-state index in [-0.39, 0.29) is 36.6 Å². The van der Waals surface area contributed by atoms with Gasteiger partial charge in [-0.2, -0.15) is 0 Å². The Bertz CT molecular complexity index is 1300. The summed E-state index contributed by atoms with van der Waals surface area (Å²) in [5.74, 6) is -1.96. The van der Waals surface area contributed by atoms with E-state index in [1.807, 2.05) is 18.2 Å². The van der Waals surface area contributed by atoms with Gasteiger partial charge in [-0.15, -0.1) is 0 Å². The number of carbonyl (C=O) groups excluding carboxylic acids is 2. The molecule has 3 heterocycles. The van der Waals surface area contributed by atoms with Gasteiger partial charge < -0.3 is 19.9 Å². The number of imide groups is 1. The second-order valence-electron chi connectivity index (χ2n) is 11.1. The molecule has 3 saturated heterocycles. The molecule has 2 aromatic rings. The first kappa shape index (κ1) is 26.5. The quantitative estimate of drug-likeness (QED) is 0.388. The predicted molar refractivity (Wildman–Crippen MR) is 145 cm³/mol. The van der Waals surface area contributed by atoms with Crippen molar-refractivity contribution >= 4 is 30.5 Å². The van der Waals surface area contributed by atoms with E-state index in [4.69, 9.17) is 16.3 Å². The number of hydrogen-bond donors (Lipinski definition) is 3. The zero-order valence-corrected chi connectivity index (χ0v) is 22.3. The Labute approximate surface area is 233 Å². The summed E-state index contributed by atoms with van der Waals surface area (Å²) in [6, 6.07) is 14.7. The Morgan fingerprint density at radius 3 is 2.46 bits per heavy atom. The van der Waals surface area contributed by atoms with Crippen LogP contribution >= 0.6 is 11.6 Å².